The fourth-order valence-corrected chi connectivity index (χ4v) is 2.33. The fraction of sp³-hybridized carbons (Fsp3) is 0.385. The van der Waals surface area contributed by atoms with Crippen LogP contribution < -0.4 is 5.73 Å². The van der Waals surface area contributed by atoms with Crippen LogP contribution in [0.1, 0.15) is 16.8 Å². The van der Waals surface area contributed by atoms with Gasteiger partial charge in [0, 0.05) is 31.1 Å². The van der Waals surface area contributed by atoms with Crippen molar-refractivity contribution in [3.8, 4) is 0 Å². The SMILES string of the molecule is COC(=O)CCN(C)C(=O)c1cc(N)cc(S(C)(=O)=O)c1. The highest BCUT2D eigenvalue weighted by Gasteiger charge is 2.17. The van der Waals surface area contributed by atoms with Crippen LogP contribution in [0.4, 0.5) is 5.69 Å². The minimum atomic E-state index is -3.46. The summed E-state index contributed by atoms with van der Waals surface area (Å²) in [5.74, 6) is -0.852. The van der Waals surface area contributed by atoms with Gasteiger partial charge in [-0.2, -0.15) is 0 Å². The summed E-state index contributed by atoms with van der Waals surface area (Å²) >= 11 is 0. The lowest BCUT2D eigenvalue weighted by atomic mass is 10.1. The van der Waals surface area contributed by atoms with E-state index in [1.165, 1.54) is 37.3 Å². The highest BCUT2D eigenvalue weighted by atomic mass is 32.2. The Morgan fingerprint density at radius 3 is 2.43 bits per heavy atom. The Morgan fingerprint density at radius 1 is 1.29 bits per heavy atom. The molecule has 1 amide bonds. The van der Waals surface area contributed by atoms with Gasteiger partial charge in [0.1, 0.15) is 0 Å². The average Bonchev–Trinajstić information content (AvgIpc) is 2.41. The summed E-state index contributed by atoms with van der Waals surface area (Å²) in [5, 5.41) is 0. The monoisotopic (exact) mass is 314 g/mol. The van der Waals surface area contributed by atoms with Gasteiger partial charge in [0.05, 0.1) is 18.4 Å². The van der Waals surface area contributed by atoms with Gasteiger partial charge in [-0.15, -0.1) is 0 Å². The maximum Gasteiger partial charge on any atom is 0.307 e. The van der Waals surface area contributed by atoms with Crippen LogP contribution in [-0.4, -0.2) is 52.2 Å². The molecule has 0 aliphatic heterocycles. The molecule has 116 valence electrons. The van der Waals surface area contributed by atoms with Gasteiger partial charge in [0.15, 0.2) is 9.84 Å². The molecule has 0 unspecified atom stereocenters. The smallest absolute Gasteiger partial charge is 0.307 e. The standard InChI is InChI=1S/C13H18N2O5S/c1-15(5-4-12(16)20-2)13(17)9-6-10(14)8-11(7-9)21(3,18)19/h6-8H,4-5,14H2,1-3H3. The third-order valence-electron chi connectivity index (χ3n) is 2.83. The number of anilines is 1. The normalized spacial score (nSPS) is 11.0. The zero-order valence-corrected chi connectivity index (χ0v) is 12.9. The molecule has 7 nitrogen and oxygen atoms in total. The number of methoxy groups -OCH3 is 1. The van der Waals surface area contributed by atoms with Gasteiger partial charge in [-0.25, -0.2) is 8.42 Å². The molecular formula is C13H18N2O5S. The topological polar surface area (TPSA) is 107 Å². The summed E-state index contributed by atoms with van der Waals surface area (Å²) in [7, 11) is -0.689. The molecule has 1 rings (SSSR count). The maximum absolute atomic E-state index is 12.2. The van der Waals surface area contributed by atoms with E-state index in [-0.39, 0.29) is 29.1 Å². The molecule has 2 N–H and O–H groups in total. The van der Waals surface area contributed by atoms with Gasteiger partial charge in [-0.3, -0.25) is 9.59 Å². The van der Waals surface area contributed by atoms with Crippen molar-refractivity contribution >= 4 is 27.4 Å². The second-order valence-corrected chi connectivity index (χ2v) is 6.63. The Kier molecular flexibility index (Phi) is 5.31. The predicted octanol–water partition coefficient (Wildman–Crippen LogP) is 0.307. The lowest BCUT2D eigenvalue weighted by Gasteiger charge is -2.17. The summed E-state index contributed by atoms with van der Waals surface area (Å²) < 4.78 is 27.6. The molecule has 0 heterocycles. The van der Waals surface area contributed by atoms with Gasteiger partial charge >= 0.3 is 5.97 Å². The first-order chi connectivity index (χ1) is 9.65. The minimum Gasteiger partial charge on any atom is -0.469 e. The lowest BCUT2D eigenvalue weighted by Crippen LogP contribution is -2.29. The quantitative estimate of drug-likeness (QED) is 0.619. The Morgan fingerprint density at radius 2 is 1.90 bits per heavy atom. The van der Waals surface area contributed by atoms with Crippen LogP contribution in [0.2, 0.25) is 0 Å². The van der Waals surface area contributed by atoms with E-state index in [0.29, 0.717) is 0 Å². The highest BCUT2D eigenvalue weighted by molar-refractivity contribution is 7.90. The number of carbonyl (C=O) groups excluding carboxylic acids is 2. The van der Waals surface area contributed by atoms with Crippen molar-refractivity contribution in [2.45, 2.75) is 11.3 Å². The van der Waals surface area contributed by atoms with Gasteiger partial charge < -0.3 is 15.4 Å². The molecule has 1 aromatic carbocycles. The average molecular weight is 314 g/mol. The van der Waals surface area contributed by atoms with Crippen molar-refractivity contribution in [1.82, 2.24) is 4.90 Å². The van der Waals surface area contributed by atoms with Crippen molar-refractivity contribution in [3.05, 3.63) is 23.8 Å². The molecule has 1 aromatic rings. The molecule has 0 bridgehead atoms. The Hall–Kier alpha value is -2.09. The van der Waals surface area contributed by atoms with Crippen LogP contribution >= 0.6 is 0 Å². The number of rotatable bonds is 5. The molecule has 0 spiro atoms. The van der Waals surface area contributed by atoms with E-state index in [1.807, 2.05) is 0 Å². The molecule has 0 aliphatic rings. The van der Waals surface area contributed by atoms with Crippen LogP contribution in [0.3, 0.4) is 0 Å². The molecule has 0 atom stereocenters. The Bertz CT molecular complexity index is 655. The van der Waals surface area contributed by atoms with Gasteiger partial charge in [0.25, 0.3) is 5.91 Å². The third kappa shape index (κ3) is 4.75. The molecule has 8 heteroatoms. The largest absolute Gasteiger partial charge is 0.469 e. The number of benzene rings is 1. The van der Waals surface area contributed by atoms with E-state index in [2.05, 4.69) is 4.74 Å². The van der Waals surface area contributed by atoms with Crippen molar-refractivity contribution in [2.24, 2.45) is 0 Å². The molecule has 0 saturated carbocycles. The van der Waals surface area contributed by atoms with Crippen LogP contribution in [0, 0.1) is 0 Å². The van der Waals surface area contributed by atoms with Crippen molar-refractivity contribution < 1.29 is 22.7 Å². The Labute approximate surface area is 123 Å². The zero-order chi connectivity index (χ0) is 16.2. The summed E-state index contributed by atoms with van der Waals surface area (Å²) in [5.41, 5.74) is 5.97. The van der Waals surface area contributed by atoms with E-state index in [4.69, 9.17) is 5.73 Å². The number of carbonyl (C=O) groups is 2. The molecule has 0 aromatic heterocycles. The van der Waals surface area contributed by atoms with Crippen molar-refractivity contribution in [1.29, 1.82) is 0 Å². The van der Waals surface area contributed by atoms with Gasteiger partial charge in [-0.1, -0.05) is 0 Å². The van der Waals surface area contributed by atoms with Crippen LogP contribution in [0.5, 0.6) is 0 Å². The maximum atomic E-state index is 12.2. The number of hydrogen-bond donors (Lipinski definition) is 1. The predicted molar refractivity (Wildman–Crippen MR) is 77.6 cm³/mol. The van der Waals surface area contributed by atoms with Crippen molar-refractivity contribution in [3.63, 3.8) is 0 Å². The minimum absolute atomic E-state index is 0.0211. The first-order valence-corrected chi connectivity index (χ1v) is 7.97. The summed E-state index contributed by atoms with van der Waals surface area (Å²) in [6.45, 7) is 0.161. The number of hydrogen-bond acceptors (Lipinski definition) is 6. The highest BCUT2D eigenvalue weighted by Crippen LogP contribution is 2.18. The van der Waals surface area contributed by atoms with Crippen LogP contribution in [0.15, 0.2) is 23.1 Å². The fourth-order valence-electron chi connectivity index (χ4n) is 1.64. The van der Waals surface area contributed by atoms with E-state index in [9.17, 15) is 18.0 Å². The summed E-state index contributed by atoms with van der Waals surface area (Å²) in [6, 6.07) is 3.95. The number of sulfone groups is 1. The molecule has 0 saturated heterocycles. The Balaban J connectivity index is 2.97. The third-order valence-corrected chi connectivity index (χ3v) is 3.92. The van der Waals surface area contributed by atoms with Crippen molar-refractivity contribution in [2.75, 3.05) is 32.7 Å². The number of ether oxygens (including phenoxy) is 1. The second kappa shape index (κ2) is 6.57. The summed E-state index contributed by atoms with van der Waals surface area (Å²) in [4.78, 5) is 24.5. The molecule has 0 radical (unpaired) electrons. The summed E-state index contributed by atoms with van der Waals surface area (Å²) in [6.07, 6.45) is 1.09. The van der Waals surface area contributed by atoms with Gasteiger partial charge in [-0.05, 0) is 18.2 Å². The molecule has 21 heavy (non-hydrogen) atoms. The van der Waals surface area contributed by atoms with Crippen LogP contribution in [-0.2, 0) is 19.4 Å². The first kappa shape index (κ1) is 17.0. The molecule has 0 aliphatic carbocycles. The number of nitrogens with two attached hydrogens (primary N) is 1. The molecular weight excluding hydrogens is 296 g/mol. The number of nitrogen functional groups attached to an aromatic ring is 1. The van der Waals surface area contributed by atoms with E-state index in [1.54, 1.807) is 0 Å². The lowest BCUT2D eigenvalue weighted by molar-refractivity contribution is -0.140. The number of esters is 1. The first-order valence-electron chi connectivity index (χ1n) is 6.08. The van der Waals surface area contributed by atoms with Crippen LogP contribution in [0.25, 0.3) is 0 Å². The van der Waals surface area contributed by atoms with Gasteiger partial charge in [0.2, 0.25) is 0 Å². The van der Waals surface area contributed by atoms with E-state index >= 15 is 0 Å². The number of nitrogens with zero attached hydrogens (tertiary/aromatic N) is 1. The van der Waals surface area contributed by atoms with E-state index in [0.717, 1.165) is 6.26 Å². The second-order valence-electron chi connectivity index (χ2n) is 4.62. The van der Waals surface area contributed by atoms with E-state index < -0.39 is 21.7 Å². The number of amides is 1. The zero-order valence-electron chi connectivity index (χ0n) is 12.1. The molecule has 0 fully saturated rings.